The van der Waals surface area contributed by atoms with Gasteiger partial charge in [-0.25, -0.2) is 0 Å². The van der Waals surface area contributed by atoms with E-state index in [1.54, 1.807) is 12.1 Å². The number of hydrogen-bond acceptors (Lipinski definition) is 7. The molecule has 0 amide bonds. The van der Waals surface area contributed by atoms with Crippen molar-refractivity contribution in [3.8, 4) is 16.9 Å². The van der Waals surface area contributed by atoms with Crippen LogP contribution in [0.4, 0.5) is 0 Å². The normalized spacial score (nSPS) is 22.1. The Bertz CT molecular complexity index is 1080. The number of thioether (sulfide) groups is 1. The summed E-state index contributed by atoms with van der Waals surface area (Å²) in [6.07, 6.45) is 1.93. The second kappa shape index (κ2) is 7.70. The zero-order chi connectivity index (χ0) is 23.4. The Labute approximate surface area is 192 Å². The summed E-state index contributed by atoms with van der Waals surface area (Å²) in [6, 6.07) is 3.33. The molecule has 0 saturated heterocycles. The van der Waals surface area contributed by atoms with Gasteiger partial charge in [-0.2, -0.15) is 5.26 Å². The number of rotatable bonds is 3. The lowest BCUT2D eigenvalue weighted by molar-refractivity contribution is -0.120. The van der Waals surface area contributed by atoms with Gasteiger partial charge < -0.3 is 14.6 Å². The lowest BCUT2D eigenvalue weighted by atomic mass is 9.65. The molecule has 1 aromatic rings. The Hall–Kier alpha value is -2.72. The van der Waals surface area contributed by atoms with Gasteiger partial charge in [0.25, 0.3) is 0 Å². The van der Waals surface area contributed by atoms with Gasteiger partial charge in [0.1, 0.15) is 16.9 Å². The van der Waals surface area contributed by atoms with Gasteiger partial charge in [-0.15, -0.1) is 0 Å². The molecule has 1 heterocycles. The Morgan fingerprint density at radius 3 is 2.03 bits per heavy atom. The molecule has 0 saturated carbocycles. The first-order valence-corrected chi connectivity index (χ1v) is 11.4. The highest BCUT2D eigenvalue weighted by molar-refractivity contribution is 8.03. The van der Waals surface area contributed by atoms with Crippen LogP contribution >= 0.6 is 11.8 Å². The number of Topliss-reactive ketones (excluding diaryl/α,β-unsaturated/α-hetero) is 2. The highest BCUT2D eigenvalue weighted by Crippen LogP contribution is 2.54. The van der Waals surface area contributed by atoms with Crippen molar-refractivity contribution in [3.63, 3.8) is 0 Å². The molecule has 7 heteroatoms. The van der Waals surface area contributed by atoms with Crippen molar-refractivity contribution in [1.29, 1.82) is 5.26 Å². The van der Waals surface area contributed by atoms with E-state index in [0.717, 1.165) is 11.8 Å². The summed E-state index contributed by atoms with van der Waals surface area (Å²) in [6.45, 7) is 8.16. The van der Waals surface area contributed by atoms with Crippen molar-refractivity contribution in [3.05, 3.63) is 40.4 Å². The molecule has 0 fully saturated rings. The fourth-order valence-corrected chi connectivity index (χ4v) is 5.55. The predicted octanol–water partition coefficient (Wildman–Crippen LogP) is 5.37. The Kier molecular flexibility index (Phi) is 5.41. The number of ketones is 2. The molecule has 0 radical (unpaired) electrons. The Morgan fingerprint density at radius 1 is 1.03 bits per heavy atom. The molecule has 3 aliphatic rings. The number of nitrogens with zero attached hydrogens (tertiary/aromatic N) is 1. The summed E-state index contributed by atoms with van der Waals surface area (Å²) >= 11 is 0.812. The van der Waals surface area contributed by atoms with Gasteiger partial charge in [-0.05, 0) is 40.3 Å². The minimum Gasteiger partial charge on any atom is -0.503 e. The highest BCUT2D eigenvalue weighted by atomic mass is 32.2. The first-order chi connectivity index (χ1) is 15.0. The molecular formula is C25H27NO5S. The molecule has 4 rings (SSSR count). The summed E-state index contributed by atoms with van der Waals surface area (Å²) in [4.78, 5) is 27.0. The number of ether oxygens (including phenoxy) is 2. The van der Waals surface area contributed by atoms with Gasteiger partial charge in [0.05, 0.1) is 12.0 Å². The fourth-order valence-electron chi connectivity index (χ4n) is 5.06. The first kappa shape index (κ1) is 22.5. The number of nitriles is 1. The minimum atomic E-state index is -0.603. The van der Waals surface area contributed by atoms with Crippen LogP contribution in [0, 0.1) is 21.5 Å². The molecule has 0 atom stereocenters. The van der Waals surface area contributed by atoms with Crippen molar-refractivity contribution in [2.24, 2.45) is 10.8 Å². The third-order valence-corrected chi connectivity index (χ3v) is 6.98. The molecule has 2 aliphatic carbocycles. The van der Waals surface area contributed by atoms with E-state index in [9.17, 15) is 20.0 Å². The minimum absolute atomic E-state index is 0.0352. The summed E-state index contributed by atoms with van der Waals surface area (Å²) in [5.41, 5.74) is 1.19. The number of hydrogen-bond donors (Lipinski definition) is 1. The van der Waals surface area contributed by atoms with E-state index in [1.807, 2.05) is 33.1 Å². The largest absolute Gasteiger partial charge is 0.503 e. The van der Waals surface area contributed by atoms with Crippen molar-refractivity contribution in [2.45, 2.75) is 64.2 Å². The summed E-state index contributed by atoms with van der Waals surface area (Å²) < 4.78 is 11.6. The summed E-state index contributed by atoms with van der Waals surface area (Å²) in [5, 5.41) is 21.6. The number of thiocyanates is 1. The van der Waals surface area contributed by atoms with E-state index >= 15 is 0 Å². The highest BCUT2D eigenvalue weighted by Gasteiger charge is 2.48. The second-order valence-corrected chi connectivity index (χ2v) is 11.2. The third-order valence-electron chi connectivity index (χ3n) is 6.35. The summed E-state index contributed by atoms with van der Waals surface area (Å²) in [7, 11) is 1.43. The van der Waals surface area contributed by atoms with E-state index in [4.69, 9.17) is 9.47 Å². The number of carbonyl (C=O) groups excluding carboxylic acids is 2. The van der Waals surface area contributed by atoms with Crippen molar-refractivity contribution < 1.29 is 24.2 Å². The van der Waals surface area contributed by atoms with E-state index in [1.165, 1.54) is 7.11 Å². The Balaban J connectivity index is 1.97. The van der Waals surface area contributed by atoms with Crippen molar-refractivity contribution in [2.75, 3.05) is 7.11 Å². The number of benzene rings is 1. The molecule has 32 heavy (non-hydrogen) atoms. The summed E-state index contributed by atoms with van der Waals surface area (Å²) in [5.74, 6) is 0.644. The van der Waals surface area contributed by atoms with Crippen molar-refractivity contribution >= 4 is 23.3 Å². The SMILES string of the molecule is COc1cc(C2C3=C(CC(C)(C)CC3=O)OC3=C2C(=O)CC(C)(C)C3)cc(SC#N)c1O. The van der Waals surface area contributed by atoms with E-state index in [0.29, 0.717) is 58.8 Å². The van der Waals surface area contributed by atoms with Gasteiger partial charge in [0, 0.05) is 42.7 Å². The number of allylic oxidation sites excluding steroid dienone is 4. The molecule has 0 bridgehead atoms. The van der Waals surface area contributed by atoms with Crippen LogP contribution in [0.1, 0.15) is 64.9 Å². The predicted molar refractivity (Wildman–Crippen MR) is 120 cm³/mol. The average Bonchev–Trinajstić information content (AvgIpc) is 2.66. The molecule has 0 aromatic heterocycles. The van der Waals surface area contributed by atoms with Crippen LogP contribution in [0.5, 0.6) is 11.5 Å². The Morgan fingerprint density at radius 2 is 1.56 bits per heavy atom. The van der Waals surface area contributed by atoms with Crippen LogP contribution in [0.25, 0.3) is 0 Å². The van der Waals surface area contributed by atoms with Gasteiger partial charge in [-0.1, -0.05) is 27.7 Å². The standard InChI is InChI=1S/C25H27NO5S/c1-24(2)8-14(27)21-17(10-24)31-18-11-25(3,4)9-15(28)22(18)20(21)13-6-16(30-5)23(29)19(7-13)32-12-26/h6-7,20,29H,8-11H2,1-5H3. The zero-order valence-corrected chi connectivity index (χ0v) is 19.8. The van der Waals surface area contributed by atoms with Gasteiger partial charge in [0.15, 0.2) is 23.1 Å². The lowest BCUT2D eigenvalue weighted by Gasteiger charge is -2.42. The van der Waals surface area contributed by atoms with Crippen LogP contribution in [-0.2, 0) is 14.3 Å². The maximum atomic E-state index is 13.4. The number of methoxy groups -OCH3 is 1. The fraction of sp³-hybridized carbons (Fsp3) is 0.480. The number of aromatic hydroxyl groups is 1. The van der Waals surface area contributed by atoms with Gasteiger partial charge in [-0.3, -0.25) is 9.59 Å². The van der Waals surface area contributed by atoms with Gasteiger partial charge >= 0.3 is 0 Å². The lowest BCUT2D eigenvalue weighted by Crippen LogP contribution is -2.37. The van der Waals surface area contributed by atoms with E-state index < -0.39 is 5.92 Å². The molecule has 1 aromatic carbocycles. The molecule has 168 valence electrons. The van der Waals surface area contributed by atoms with E-state index in [-0.39, 0.29) is 33.9 Å². The molecule has 1 N–H and O–H groups in total. The molecular weight excluding hydrogens is 426 g/mol. The topological polar surface area (TPSA) is 96.6 Å². The van der Waals surface area contributed by atoms with Crippen LogP contribution in [0.2, 0.25) is 0 Å². The molecule has 1 aliphatic heterocycles. The number of phenolic OH excluding ortho intramolecular Hbond substituents is 1. The molecule has 6 nitrogen and oxygen atoms in total. The smallest absolute Gasteiger partial charge is 0.172 e. The van der Waals surface area contributed by atoms with Crippen molar-refractivity contribution in [1.82, 2.24) is 0 Å². The van der Waals surface area contributed by atoms with Crippen LogP contribution in [0.3, 0.4) is 0 Å². The number of phenols is 1. The quantitative estimate of drug-likeness (QED) is 0.485. The van der Waals surface area contributed by atoms with Crippen LogP contribution < -0.4 is 4.74 Å². The first-order valence-electron chi connectivity index (χ1n) is 10.6. The average molecular weight is 454 g/mol. The third kappa shape index (κ3) is 3.81. The maximum absolute atomic E-state index is 13.4. The maximum Gasteiger partial charge on any atom is 0.172 e. The number of carbonyl (C=O) groups is 2. The van der Waals surface area contributed by atoms with Crippen LogP contribution in [0.15, 0.2) is 39.7 Å². The molecule has 0 unspecified atom stereocenters. The monoisotopic (exact) mass is 453 g/mol. The van der Waals surface area contributed by atoms with E-state index in [2.05, 4.69) is 0 Å². The zero-order valence-electron chi connectivity index (χ0n) is 19.0. The van der Waals surface area contributed by atoms with Gasteiger partial charge in [0.2, 0.25) is 0 Å². The second-order valence-electron chi connectivity index (χ2n) is 10.4. The van der Waals surface area contributed by atoms with Crippen LogP contribution in [-0.4, -0.2) is 23.8 Å². The molecule has 0 spiro atoms.